The summed E-state index contributed by atoms with van der Waals surface area (Å²) in [4.78, 5) is 7.48. The number of aromatic nitrogens is 2. The minimum Gasteiger partial charge on any atom is -0.347 e. The van der Waals surface area contributed by atoms with Crippen molar-refractivity contribution in [3.8, 4) is 0 Å². The lowest BCUT2D eigenvalue weighted by Gasteiger charge is -2.07. The third kappa shape index (κ3) is 2.76. The zero-order valence-electron chi connectivity index (χ0n) is 10.1. The Bertz CT molecular complexity index is 652. The van der Waals surface area contributed by atoms with Gasteiger partial charge >= 0.3 is 0 Å². The summed E-state index contributed by atoms with van der Waals surface area (Å²) in [6.07, 6.45) is 0.504. The lowest BCUT2D eigenvalue weighted by molar-refractivity contribution is 0.627. The molecule has 0 saturated carbocycles. The number of halogens is 2. The van der Waals surface area contributed by atoms with Crippen LogP contribution in [0.3, 0.4) is 0 Å². The van der Waals surface area contributed by atoms with Gasteiger partial charge in [-0.1, -0.05) is 29.9 Å². The van der Waals surface area contributed by atoms with Gasteiger partial charge in [0.1, 0.15) is 16.3 Å². The number of benzene rings is 1. The van der Waals surface area contributed by atoms with Crippen LogP contribution in [-0.2, 0) is 6.42 Å². The Kier molecular flexibility index (Phi) is 3.78. The Morgan fingerprint density at radius 1 is 1.39 bits per heavy atom. The molecule has 0 bridgehead atoms. The lowest BCUT2D eigenvalue weighted by Crippen LogP contribution is -2.02. The summed E-state index contributed by atoms with van der Waals surface area (Å²) < 4.78 is 13.5. The maximum atomic E-state index is 12.9. The summed E-state index contributed by atoms with van der Waals surface area (Å²) in [5.41, 5.74) is 2.78. The van der Waals surface area contributed by atoms with Crippen molar-refractivity contribution in [3.63, 3.8) is 0 Å². The van der Waals surface area contributed by atoms with Crippen molar-refractivity contribution in [3.05, 3.63) is 56.3 Å². The number of aryl methyl sites for hydroxylation is 1. The van der Waals surface area contributed by atoms with Crippen LogP contribution in [0.5, 0.6) is 0 Å². The van der Waals surface area contributed by atoms with Crippen molar-refractivity contribution in [1.82, 2.24) is 9.97 Å². The molecule has 2 aromatic rings. The molecule has 0 radical (unpaired) electrons. The predicted molar refractivity (Wildman–Crippen MR) is 73.1 cm³/mol. The fraction of sp³-hybridized carbons (Fsp3) is 0.231. The minimum absolute atomic E-state index is 0.343. The number of nitrogens with one attached hydrogen (secondary N) is 1. The third-order valence-corrected chi connectivity index (χ3v) is 3.57. The van der Waals surface area contributed by atoms with E-state index in [9.17, 15) is 4.39 Å². The van der Waals surface area contributed by atoms with E-state index in [0.29, 0.717) is 16.1 Å². The van der Waals surface area contributed by atoms with Gasteiger partial charge in [-0.25, -0.2) is 9.37 Å². The van der Waals surface area contributed by atoms with E-state index in [1.165, 1.54) is 12.1 Å². The van der Waals surface area contributed by atoms with Gasteiger partial charge in [-0.3, -0.25) is 0 Å². The van der Waals surface area contributed by atoms with Gasteiger partial charge in [0.25, 0.3) is 0 Å². The molecular formula is C13H12ClFN2S. The first kappa shape index (κ1) is 13.2. The SMILES string of the molecule is Cc1[nH]c(Cc2ccc(F)cc2Cl)nc(=S)c1C. The van der Waals surface area contributed by atoms with Gasteiger partial charge in [0.2, 0.25) is 0 Å². The van der Waals surface area contributed by atoms with Crippen LogP contribution in [0.4, 0.5) is 4.39 Å². The highest BCUT2D eigenvalue weighted by Crippen LogP contribution is 2.19. The topological polar surface area (TPSA) is 28.7 Å². The van der Waals surface area contributed by atoms with Crippen LogP contribution in [0, 0.1) is 24.3 Å². The molecule has 18 heavy (non-hydrogen) atoms. The van der Waals surface area contributed by atoms with Crippen molar-refractivity contribution in [1.29, 1.82) is 0 Å². The first-order chi connectivity index (χ1) is 8.47. The summed E-state index contributed by atoms with van der Waals surface area (Å²) in [7, 11) is 0. The molecule has 1 N–H and O–H groups in total. The lowest BCUT2D eigenvalue weighted by atomic mass is 10.1. The van der Waals surface area contributed by atoms with Gasteiger partial charge in [-0.2, -0.15) is 0 Å². The largest absolute Gasteiger partial charge is 0.347 e. The van der Waals surface area contributed by atoms with E-state index < -0.39 is 0 Å². The quantitative estimate of drug-likeness (QED) is 0.839. The van der Waals surface area contributed by atoms with Crippen molar-refractivity contribution in [2.24, 2.45) is 0 Å². The second-order valence-corrected chi connectivity index (χ2v) is 4.95. The van der Waals surface area contributed by atoms with E-state index >= 15 is 0 Å². The van der Waals surface area contributed by atoms with Crippen LogP contribution in [0.1, 0.15) is 22.6 Å². The summed E-state index contributed by atoms with van der Waals surface area (Å²) >= 11 is 11.2. The van der Waals surface area contributed by atoms with Crippen LogP contribution in [0.25, 0.3) is 0 Å². The van der Waals surface area contributed by atoms with E-state index in [0.717, 1.165) is 22.6 Å². The van der Waals surface area contributed by atoms with Crippen molar-refractivity contribution in [2.75, 3.05) is 0 Å². The van der Waals surface area contributed by atoms with E-state index in [1.807, 2.05) is 13.8 Å². The highest BCUT2D eigenvalue weighted by atomic mass is 35.5. The number of nitrogens with zero attached hydrogens (tertiary/aromatic N) is 1. The van der Waals surface area contributed by atoms with Gasteiger partial charge in [-0.15, -0.1) is 0 Å². The molecule has 0 saturated heterocycles. The monoisotopic (exact) mass is 282 g/mol. The second kappa shape index (κ2) is 5.16. The van der Waals surface area contributed by atoms with Gasteiger partial charge in [0.15, 0.2) is 0 Å². The maximum Gasteiger partial charge on any atom is 0.132 e. The number of aromatic amines is 1. The molecule has 2 nitrogen and oxygen atoms in total. The molecule has 94 valence electrons. The highest BCUT2D eigenvalue weighted by Gasteiger charge is 2.06. The van der Waals surface area contributed by atoms with Crippen molar-refractivity contribution in [2.45, 2.75) is 20.3 Å². The minimum atomic E-state index is -0.343. The Morgan fingerprint density at radius 3 is 2.72 bits per heavy atom. The zero-order valence-corrected chi connectivity index (χ0v) is 11.6. The third-order valence-electron chi connectivity index (χ3n) is 2.82. The Morgan fingerprint density at radius 2 is 2.11 bits per heavy atom. The molecule has 0 aliphatic heterocycles. The number of rotatable bonds is 2. The fourth-order valence-electron chi connectivity index (χ4n) is 1.63. The van der Waals surface area contributed by atoms with Crippen molar-refractivity contribution >= 4 is 23.8 Å². The van der Waals surface area contributed by atoms with Gasteiger partial charge in [0, 0.05) is 22.7 Å². The highest BCUT2D eigenvalue weighted by molar-refractivity contribution is 7.71. The van der Waals surface area contributed by atoms with E-state index in [4.69, 9.17) is 23.8 Å². The summed E-state index contributed by atoms with van der Waals surface area (Å²) in [5.74, 6) is 0.390. The van der Waals surface area contributed by atoms with Crippen LogP contribution in [0.2, 0.25) is 5.02 Å². The maximum absolute atomic E-state index is 12.9. The van der Waals surface area contributed by atoms with Crippen LogP contribution in [-0.4, -0.2) is 9.97 Å². The second-order valence-electron chi connectivity index (χ2n) is 4.15. The molecule has 1 heterocycles. The first-order valence-corrected chi connectivity index (χ1v) is 6.26. The molecule has 0 unspecified atom stereocenters. The average Bonchev–Trinajstić information content (AvgIpc) is 2.29. The van der Waals surface area contributed by atoms with E-state index in [1.54, 1.807) is 6.07 Å². The average molecular weight is 283 g/mol. The van der Waals surface area contributed by atoms with E-state index in [2.05, 4.69) is 9.97 Å². The fourth-order valence-corrected chi connectivity index (χ4v) is 2.13. The smallest absolute Gasteiger partial charge is 0.132 e. The molecule has 2 rings (SSSR count). The van der Waals surface area contributed by atoms with Crippen LogP contribution >= 0.6 is 23.8 Å². The van der Waals surface area contributed by atoms with Gasteiger partial charge in [0.05, 0.1) is 0 Å². The number of hydrogen-bond acceptors (Lipinski definition) is 2. The summed E-state index contributed by atoms with van der Waals surface area (Å²) in [6, 6.07) is 4.34. The predicted octanol–water partition coefficient (Wildman–Crippen LogP) is 4.14. The summed E-state index contributed by atoms with van der Waals surface area (Å²) in [5, 5.41) is 0.398. The molecular weight excluding hydrogens is 271 g/mol. The van der Waals surface area contributed by atoms with Gasteiger partial charge in [-0.05, 0) is 31.5 Å². The molecule has 0 amide bonds. The molecule has 5 heteroatoms. The molecule has 0 atom stereocenters. The first-order valence-electron chi connectivity index (χ1n) is 5.47. The molecule has 0 aliphatic carbocycles. The van der Waals surface area contributed by atoms with E-state index in [-0.39, 0.29) is 5.82 Å². The van der Waals surface area contributed by atoms with Crippen LogP contribution in [0.15, 0.2) is 18.2 Å². The Hall–Kier alpha value is -1.26. The number of hydrogen-bond donors (Lipinski definition) is 1. The van der Waals surface area contributed by atoms with Gasteiger partial charge < -0.3 is 4.98 Å². The molecule has 1 aromatic carbocycles. The summed E-state index contributed by atoms with van der Waals surface area (Å²) in [6.45, 7) is 3.87. The molecule has 0 fully saturated rings. The Balaban J connectivity index is 2.37. The normalized spacial score (nSPS) is 10.7. The van der Waals surface area contributed by atoms with Crippen molar-refractivity contribution < 1.29 is 4.39 Å². The standard InChI is InChI=1S/C13H12ClFN2S/c1-7-8(2)16-12(17-13(7)18)5-9-3-4-10(15)6-11(9)14/h3-4,6H,5H2,1-2H3,(H,16,17,18). The zero-order chi connectivity index (χ0) is 13.3. The molecule has 0 aliphatic rings. The number of H-pyrrole nitrogens is 1. The van der Waals surface area contributed by atoms with Crippen LogP contribution < -0.4 is 0 Å². The molecule has 1 aromatic heterocycles. The molecule has 0 spiro atoms. The Labute approximate surface area is 115 Å².